The van der Waals surface area contributed by atoms with Crippen molar-refractivity contribution in [3.05, 3.63) is 78.4 Å². The Morgan fingerprint density at radius 1 is 0.906 bits per heavy atom. The molecule has 0 unspecified atom stereocenters. The number of hydrogen-bond acceptors (Lipinski definition) is 5. The zero-order valence-electron chi connectivity index (χ0n) is 17.8. The lowest BCUT2D eigenvalue weighted by Crippen LogP contribution is -2.28. The molecule has 6 nitrogen and oxygen atoms in total. The normalized spacial score (nSPS) is 13.9. The van der Waals surface area contributed by atoms with Gasteiger partial charge in [-0.3, -0.25) is 4.79 Å². The highest BCUT2D eigenvalue weighted by atomic mass is 32.2. The van der Waals surface area contributed by atoms with Crippen LogP contribution in [0.15, 0.2) is 77.7 Å². The largest absolute Gasteiger partial charge is 0.486 e. The van der Waals surface area contributed by atoms with Gasteiger partial charge < -0.3 is 14.8 Å². The van der Waals surface area contributed by atoms with Crippen LogP contribution in [0.25, 0.3) is 11.1 Å². The van der Waals surface area contributed by atoms with E-state index in [2.05, 4.69) is 5.32 Å². The minimum Gasteiger partial charge on any atom is -0.486 e. The Morgan fingerprint density at radius 2 is 1.56 bits per heavy atom. The molecule has 0 fully saturated rings. The molecule has 0 aromatic heterocycles. The standard InChI is InChI=1S/C25H25NO5S/c1-18(19-7-9-21(10-8-19)20-5-3-2-4-6-20)26-25(27)13-16-32(28,29)22-11-12-23-24(17-22)31-15-14-30-23/h2-12,17-18H,13-16H2,1H3,(H,26,27)/t18-/m1/s1. The van der Waals surface area contributed by atoms with Crippen LogP contribution in [0.2, 0.25) is 0 Å². The van der Waals surface area contributed by atoms with E-state index in [1.54, 1.807) is 6.07 Å². The quantitative estimate of drug-likeness (QED) is 0.583. The fourth-order valence-corrected chi connectivity index (χ4v) is 4.81. The summed E-state index contributed by atoms with van der Waals surface area (Å²) in [5, 5.41) is 2.88. The molecular formula is C25H25NO5S. The van der Waals surface area contributed by atoms with Crippen LogP contribution in [0.5, 0.6) is 11.5 Å². The van der Waals surface area contributed by atoms with Crippen LogP contribution < -0.4 is 14.8 Å². The number of benzene rings is 3. The Balaban J connectivity index is 1.34. The third kappa shape index (κ3) is 5.11. The number of sulfone groups is 1. The summed E-state index contributed by atoms with van der Waals surface area (Å²) in [6.07, 6.45) is -0.122. The number of fused-ring (bicyclic) bond motifs is 1. The second-order valence-electron chi connectivity index (χ2n) is 7.65. The van der Waals surface area contributed by atoms with Crippen molar-refractivity contribution < 1.29 is 22.7 Å². The number of ether oxygens (including phenoxy) is 2. The van der Waals surface area contributed by atoms with E-state index >= 15 is 0 Å². The molecule has 1 amide bonds. The lowest BCUT2D eigenvalue weighted by Gasteiger charge is -2.19. The number of rotatable bonds is 7. The van der Waals surface area contributed by atoms with Gasteiger partial charge in [0.25, 0.3) is 0 Å². The maximum Gasteiger partial charge on any atom is 0.221 e. The predicted molar refractivity (Wildman–Crippen MR) is 123 cm³/mol. The molecule has 1 aliphatic heterocycles. The Morgan fingerprint density at radius 3 is 2.28 bits per heavy atom. The van der Waals surface area contributed by atoms with Gasteiger partial charge >= 0.3 is 0 Å². The number of carbonyl (C=O) groups excluding carboxylic acids is 1. The third-order valence-electron chi connectivity index (χ3n) is 5.37. The van der Waals surface area contributed by atoms with Crippen molar-refractivity contribution >= 4 is 15.7 Å². The maximum absolute atomic E-state index is 12.7. The molecule has 0 saturated carbocycles. The van der Waals surface area contributed by atoms with Gasteiger partial charge in [0.05, 0.1) is 16.7 Å². The fraction of sp³-hybridized carbons (Fsp3) is 0.240. The van der Waals surface area contributed by atoms with Crippen molar-refractivity contribution in [2.24, 2.45) is 0 Å². The van der Waals surface area contributed by atoms with E-state index in [4.69, 9.17) is 9.47 Å². The van der Waals surface area contributed by atoms with Crippen molar-refractivity contribution in [2.45, 2.75) is 24.3 Å². The minimum absolute atomic E-state index is 0.122. The Labute approximate surface area is 188 Å². The van der Waals surface area contributed by atoms with Crippen molar-refractivity contribution in [2.75, 3.05) is 19.0 Å². The van der Waals surface area contributed by atoms with Crippen LogP contribution in [-0.4, -0.2) is 33.3 Å². The summed E-state index contributed by atoms with van der Waals surface area (Å²) in [5.41, 5.74) is 3.17. The molecule has 7 heteroatoms. The van der Waals surface area contributed by atoms with Crippen LogP contribution in [0.3, 0.4) is 0 Å². The second kappa shape index (κ2) is 9.44. The first kappa shape index (κ1) is 21.9. The predicted octanol–water partition coefficient (Wildman–Crippen LogP) is 4.17. The molecule has 1 N–H and O–H groups in total. The van der Waals surface area contributed by atoms with Crippen molar-refractivity contribution in [1.29, 1.82) is 0 Å². The highest BCUT2D eigenvalue weighted by Crippen LogP contribution is 2.32. The number of hydrogen-bond donors (Lipinski definition) is 1. The molecule has 4 rings (SSSR count). The number of carbonyl (C=O) groups is 1. The van der Waals surface area contributed by atoms with Gasteiger partial charge in [-0.15, -0.1) is 0 Å². The van der Waals surface area contributed by atoms with Crippen LogP contribution in [0.1, 0.15) is 24.9 Å². The Hall–Kier alpha value is -3.32. The van der Waals surface area contributed by atoms with Crippen molar-refractivity contribution in [3.63, 3.8) is 0 Å². The van der Waals surface area contributed by atoms with Crippen LogP contribution in [0, 0.1) is 0 Å². The molecule has 32 heavy (non-hydrogen) atoms. The van der Waals surface area contributed by atoms with E-state index in [1.807, 2.05) is 61.5 Å². The average molecular weight is 452 g/mol. The maximum atomic E-state index is 12.7. The van der Waals surface area contributed by atoms with Gasteiger partial charge in [-0.05, 0) is 35.7 Å². The molecule has 0 bridgehead atoms. The van der Waals surface area contributed by atoms with Crippen LogP contribution in [0.4, 0.5) is 0 Å². The van der Waals surface area contributed by atoms with Crippen molar-refractivity contribution in [3.8, 4) is 22.6 Å². The molecule has 0 radical (unpaired) electrons. The molecule has 1 atom stereocenters. The molecule has 166 valence electrons. The first-order chi connectivity index (χ1) is 15.4. The summed E-state index contributed by atoms with van der Waals surface area (Å²) >= 11 is 0. The molecule has 3 aromatic carbocycles. The van der Waals surface area contributed by atoms with Gasteiger partial charge in [-0.25, -0.2) is 8.42 Å². The summed E-state index contributed by atoms with van der Waals surface area (Å²) in [4.78, 5) is 12.5. The summed E-state index contributed by atoms with van der Waals surface area (Å²) in [7, 11) is -3.62. The van der Waals surface area contributed by atoms with Crippen molar-refractivity contribution in [1.82, 2.24) is 5.32 Å². The molecule has 0 saturated heterocycles. The zero-order chi connectivity index (χ0) is 22.6. The second-order valence-corrected chi connectivity index (χ2v) is 9.76. The summed E-state index contributed by atoms with van der Waals surface area (Å²) < 4.78 is 36.2. The average Bonchev–Trinajstić information content (AvgIpc) is 2.83. The molecule has 1 aliphatic rings. The lowest BCUT2D eigenvalue weighted by atomic mass is 10.0. The SMILES string of the molecule is C[C@@H](NC(=O)CCS(=O)(=O)c1ccc2c(c1)OCCO2)c1ccc(-c2ccccc2)cc1. The Bertz CT molecular complexity index is 1190. The third-order valence-corrected chi connectivity index (χ3v) is 7.08. The summed E-state index contributed by atoms with van der Waals surface area (Å²) in [6, 6.07) is 22.3. The first-order valence-electron chi connectivity index (χ1n) is 10.5. The fourth-order valence-electron chi connectivity index (χ4n) is 3.55. The van der Waals surface area contributed by atoms with Gasteiger partial charge in [0, 0.05) is 12.5 Å². The Kier molecular flexibility index (Phi) is 6.46. The van der Waals surface area contributed by atoms with E-state index in [9.17, 15) is 13.2 Å². The van der Waals surface area contributed by atoms with Gasteiger partial charge in [0.2, 0.25) is 5.91 Å². The smallest absolute Gasteiger partial charge is 0.221 e. The monoisotopic (exact) mass is 451 g/mol. The van der Waals surface area contributed by atoms with Gasteiger partial charge in [-0.1, -0.05) is 54.6 Å². The van der Waals surface area contributed by atoms with Crippen LogP contribution in [-0.2, 0) is 14.6 Å². The van der Waals surface area contributed by atoms with E-state index in [-0.39, 0.29) is 29.0 Å². The molecule has 0 spiro atoms. The van der Waals surface area contributed by atoms with E-state index in [0.717, 1.165) is 16.7 Å². The molecular weight excluding hydrogens is 426 g/mol. The molecule has 0 aliphatic carbocycles. The lowest BCUT2D eigenvalue weighted by molar-refractivity contribution is -0.121. The van der Waals surface area contributed by atoms with Gasteiger partial charge in [0.15, 0.2) is 21.3 Å². The zero-order valence-corrected chi connectivity index (χ0v) is 18.6. The van der Waals surface area contributed by atoms with Gasteiger partial charge in [0.1, 0.15) is 13.2 Å². The van der Waals surface area contributed by atoms with Crippen LogP contribution >= 0.6 is 0 Å². The molecule has 3 aromatic rings. The van der Waals surface area contributed by atoms with E-state index in [1.165, 1.54) is 12.1 Å². The highest BCUT2D eigenvalue weighted by molar-refractivity contribution is 7.91. The number of amides is 1. The summed E-state index contributed by atoms with van der Waals surface area (Å²) in [5.74, 6) is 0.346. The van der Waals surface area contributed by atoms with Gasteiger partial charge in [-0.2, -0.15) is 0 Å². The van der Waals surface area contributed by atoms with E-state index < -0.39 is 9.84 Å². The minimum atomic E-state index is -3.62. The highest BCUT2D eigenvalue weighted by Gasteiger charge is 2.21. The summed E-state index contributed by atoms with van der Waals surface area (Å²) in [6.45, 7) is 2.69. The van der Waals surface area contributed by atoms with E-state index in [0.29, 0.717) is 24.7 Å². The topological polar surface area (TPSA) is 81.7 Å². The first-order valence-corrected chi connectivity index (χ1v) is 12.1. The molecule has 1 heterocycles. The number of nitrogens with one attached hydrogen (secondary N) is 1.